The maximum atomic E-state index is 12.9. The van der Waals surface area contributed by atoms with Crippen LogP contribution in [0.15, 0.2) is 48.0 Å². The Morgan fingerprint density at radius 2 is 1.93 bits per heavy atom. The highest BCUT2D eigenvalue weighted by Crippen LogP contribution is 2.34. The molecule has 1 saturated heterocycles. The topological polar surface area (TPSA) is 92.3 Å². The van der Waals surface area contributed by atoms with Crippen molar-refractivity contribution >= 4 is 21.4 Å². The zero-order valence-corrected chi connectivity index (χ0v) is 18.0. The summed E-state index contributed by atoms with van der Waals surface area (Å²) in [7, 11) is -3.25. The number of hydrogen-bond acceptors (Lipinski definition) is 6. The van der Waals surface area contributed by atoms with E-state index in [-0.39, 0.29) is 17.8 Å². The molecule has 0 spiro atoms. The van der Waals surface area contributed by atoms with Crippen molar-refractivity contribution in [2.45, 2.75) is 25.8 Å². The van der Waals surface area contributed by atoms with Crippen LogP contribution in [0.4, 0.5) is 5.69 Å². The van der Waals surface area contributed by atoms with Crippen molar-refractivity contribution in [3.63, 3.8) is 0 Å². The molecule has 0 unspecified atom stereocenters. The summed E-state index contributed by atoms with van der Waals surface area (Å²) in [6.07, 6.45) is 6.33. The Morgan fingerprint density at radius 1 is 1.23 bits per heavy atom. The Hall–Kier alpha value is -2.74. The molecule has 0 bridgehead atoms. The van der Waals surface area contributed by atoms with Gasteiger partial charge in [0, 0.05) is 30.3 Å². The SMILES string of the molecule is CC1CN(c2cnc(C(=O)N[C@H](/C=C/S(C)(=O)=O)C3CC3)nc2-c2ccccc2)C1. The summed E-state index contributed by atoms with van der Waals surface area (Å²) in [4.78, 5) is 24.0. The molecule has 1 aromatic heterocycles. The van der Waals surface area contributed by atoms with Crippen LogP contribution in [-0.2, 0) is 9.84 Å². The molecule has 2 heterocycles. The highest BCUT2D eigenvalue weighted by molar-refractivity contribution is 7.93. The predicted molar refractivity (Wildman–Crippen MR) is 117 cm³/mol. The van der Waals surface area contributed by atoms with Crippen LogP contribution in [0.1, 0.15) is 30.4 Å². The number of carbonyl (C=O) groups is 1. The Labute approximate surface area is 177 Å². The van der Waals surface area contributed by atoms with Gasteiger partial charge in [0.25, 0.3) is 5.91 Å². The van der Waals surface area contributed by atoms with Crippen LogP contribution in [0, 0.1) is 11.8 Å². The monoisotopic (exact) mass is 426 g/mol. The first-order chi connectivity index (χ1) is 14.3. The molecule has 1 N–H and O–H groups in total. The number of amides is 1. The molecule has 8 heteroatoms. The second-order valence-electron chi connectivity index (χ2n) is 8.30. The summed E-state index contributed by atoms with van der Waals surface area (Å²) in [5, 5.41) is 4.05. The molecular weight excluding hydrogens is 400 g/mol. The predicted octanol–water partition coefficient (Wildman–Crippen LogP) is 2.67. The van der Waals surface area contributed by atoms with E-state index in [0.29, 0.717) is 5.92 Å². The van der Waals surface area contributed by atoms with Crippen molar-refractivity contribution in [1.82, 2.24) is 15.3 Å². The molecule has 30 heavy (non-hydrogen) atoms. The van der Waals surface area contributed by atoms with Crippen molar-refractivity contribution in [2.75, 3.05) is 24.2 Å². The van der Waals surface area contributed by atoms with E-state index in [2.05, 4.69) is 27.1 Å². The fourth-order valence-electron chi connectivity index (χ4n) is 3.64. The lowest BCUT2D eigenvalue weighted by Crippen LogP contribution is -2.45. The second-order valence-corrected chi connectivity index (χ2v) is 10.2. The van der Waals surface area contributed by atoms with Crippen LogP contribution in [0.3, 0.4) is 0 Å². The Kier molecular flexibility index (Phi) is 5.60. The van der Waals surface area contributed by atoms with Gasteiger partial charge in [-0.1, -0.05) is 43.3 Å². The summed E-state index contributed by atoms with van der Waals surface area (Å²) in [6.45, 7) is 4.08. The number of sulfone groups is 1. The van der Waals surface area contributed by atoms with Gasteiger partial charge in [-0.05, 0) is 24.7 Å². The molecule has 1 atom stereocenters. The molecule has 1 aliphatic heterocycles. The molecule has 2 aliphatic rings. The van der Waals surface area contributed by atoms with Gasteiger partial charge in [0.05, 0.1) is 23.6 Å². The third-order valence-electron chi connectivity index (χ3n) is 5.39. The van der Waals surface area contributed by atoms with Crippen LogP contribution in [0.25, 0.3) is 11.3 Å². The molecule has 0 radical (unpaired) electrons. The molecule has 1 saturated carbocycles. The van der Waals surface area contributed by atoms with E-state index in [1.807, 2.05) is 30.3 Å². The first-order valence-electron chi connectivity index (χ1n) is 10.2. The van der Waals surface area contributed by atoms with Crippen LogP contribution in [-0.4, -0.2) is 49.7 Å². The van der Waals surface area contributed by atoms with E-state index in [4.69, 9.17) is 0 Å². The maximum absolute atomic E-state index is 12.9. The van der Waals surface area contributed by atoms with E-state index in [1.165, 1.54) is 0 Å². The average molecular weight is 427 g/mol. The van der Waals surface area contributed by atoms with Crippen molar-refractivity contribution in [3.8, 4) is 11.3 Å². The number of nitrogens with zero attached hydrogens (tertiary/aromatic N) is 3. The van der Waals surface area contributed by atoms with E-state index in [0.717, 1.165) is 54.5 Å². The molecule has 7 nitrogen and oxygen atoms in total. The summed E-state index contributed by atoms with van der Waals surface area (Å²) >= 11 is 0. The standard InChI is InChI=1S/C22H26N4O3S/c1-15-13-26(14-15)19-12-23-21(25-20(19)17-6-4-3-5-7-17)22(27)24-18(16-8-9-16)10-11-30(2,28)29/h3-7,10-12,15-16,18H,8-9,13-14H2,1-2H3,(H,24,27)/b11-10+/t18-/m1/s1. The second kappa shape index (κ2) is 8.18. The number of carbonyl (C=O) groups excluding carboxylic acids is 1. The van der Waals surface area contributed by atoms with Gasteiger partial charge in [0.1, 0.15) is 0 Å². The lowest BCUT2D eigenvalue weighted by Gasteiger charge is -2.39. The smallest absolute Gasteiger partial charge is 0.289 e. The van der Waals surface area contributed by atoms with Crippen LogP contribution < -0.4 is 10.2 Å². The third-order valence-corrected chi connectivity index (χ3v) is 6.04. The lowest BCUT2D eigenvalue weighted by atomic mass is 10.0. The van der Waals surface area contributed by atoms with Crippen molar-refractivity contribution in [3.05, 3.63) is 53.8 Å². The molecule has 1 aliphatic carbocycles. The molecule has 1 amide bonds. The average Bonchev–Trinajstić information content (AvgIpc) is 3.53. The number of hydrogen-bond donors (Lipinski definition) is 1. The van der Waals surface area contributed by atoms with Crippen molar-refractivity contribution in [2.24, 2.45) is 11.8 Å². The van der Waals surface area contributed by atoms with Crippen LogP contribution in [0.5, 0.6) is 0 Å². The van der Waals surface area contributed by atoms with Crippen LogP contribution in [0.2, 0.25) is 0 Å². The van der Waals surface area contributed by atoms with Gasteiger partial charge in [-0.25, -0.2) is 18.4 Å². The maximum Gasteiger partial charge on any atom is 0.289 e. The van der Waals surface area contributed by atoms with Gasteiger partial charge in [-0.2, -0.15) is 0 Å². The van der Waals surface area contributed by atoms with Crippen molar-refractivity contribution < 1.29 is 13.2 Å². The number of aromatic nitrogens is 2. The Morgan fingerprint density at radius 3 is 2.53 bits per heavy atom. The zero-order chi connectivity index (χ0) is 21.3. The number of anilines is 1. The fourth-order valence-corrected chi connectivity index (χ4v) is 4.10. The number of nitrogens with one attached hydrogen (secondary N) is 1. The normalized spacial score (nSPS) is 18.3. The summed E-state index contributed by atoms with van der Waals surface area (Å²) in [5.41, 5.74) is 2.59. The first-order valence-corrected chi connectivity index (χ1v) is 12.1. The largest absolute Gasteiger partial charge is 0.368 e. The Bertz CT molecular complexity index is 1060. The Balaban J connectivity index is 1.60. The van der Waals surface area contributed by atoms with Gasteiger partial charge in [-0.3, -0.25) is 4.79 Å². The van der Waals surface area contributed by atoms with Gasteiger partial charge >= 0.3 is 0 Å². The molecule has 2 aromatic rings. The van der Waals surface area contributed by atoms with Crippen LogP contribution >= 0.6 is 0 Å². The number of benzene rings is 1. The summed E-state index contributed by atoms with van der Waals surface area (Å²) in [5.74, 6) is 0.565. The van der Waals surface area contributed by atoms with Gasteiger partial charge < -0.3 is 10.2 Å². The van der Waals surface area contributed by atoms with E-state index in [9.17, 15) is 13.2 Å². The van der Waals surface area contributed by atoms with Crippen molar-refractivity contribution in [1.29, 1.82) is 0 Å². The highest BCUT2D eigenvalue weighted by Gasteiger charge is 2.32. The van der Waals surface area contributed by atoms with Gasteiger partial charge in [-0.15, -0.1) is 0 Å². The van der Waals surface area contributed by atoms with E-state index >= 15 is 0 Å². The molecule has 4 rings (SSSR count). The molecule has 2 fully saturated rings. The first kappa shape index (κ1) is 20.5. The molecule has 1 aromatic carbocycles. The van der Waals surface area contributed by atoms with Gasteiger partial charge in [0.2, 0.25) is 5.82 Å². The number of rotatable bonds is 7. The summed E-state index contributed by atoms with van der Waals surface area (Å²) in [6, 6.07) is 9.43. The minimum absolute atomic E-state index is 0.0876. The minimum Gasteiger partial charge on any atom is -0.368 e. The fraction of sp³-hybridized carbons (Fsp3) is 0.409. The quantitative estimate of drug-likeness (QED) is 0.732. The zero-order valence-electron chi connectivity index (χ0n) is 17.2. The molecular formula is C22H26N4O3S. The minimum atomic E-state index is -3.25. The third kappa shape index (κ3) is 4.87. The molecule has 158 valence electrons. The van der Waals surface area contributed by atoms with Gasteiger partial charge in [0.15, 0.2) is 9.84 Å². The van der Waals surface area contributed by atoms with E-state index in [1.54, 1.807) is 12.3 Å². The lowest BCUT2D eigenvalue weighted by molar-refractivity contribution is 0.0930. The van der Waals surface area contributed by atoms with E-state index < -0.39 is 15.7 Å². The summed E-state index contributed by atoms with van der Waals surface area (Å²) < 4.78 is 22.9. The highest BCUT2D eigenvalue weighted by atomic mass is 32.2.